The van der Waals surface area contributed by atoms with Crippen molar-refractivity contribution < 1.29 is 32.2 Å². The number of hydrogen-bond acceptors (Lipinski definition) is 5. The topological polar surface area (TPSA) is 77.5 Å². The van der Waals surface area contributed by atoms with Crippen molar-refractivity contribution >= 4 is 23.5 Å². The highest BCUT2D eigenvalue weighted by molar-refractivity contribution is 6.32. The number of hydrogen-bond donors (Lipinski definition) is 1. The summed E-state index contributed by atoms with van der Waals surface area (Å²) in [6.45, 7) is -1.89. The van der Waals surface area contributed by atoms with Gasteiger partial charge in [0.2, 0.25) is 5.88 Å². The Kier molecular flexibility index (Phi) is 7.00. The Hall–Kier alpha value is -2.81. The summed E-state index contributed by atoms with van der Waals surface area (Å²) in [6, 6.07) is 10.1. The molecule has 144 valence electrons. The number of halogens is 4. The van der Waals surface area contributed by atoms with E-state index in [4.69, 9.17) is 16.3 Å². The molecule has 1 N–H and O–H groups in total. The zero-order valence-electron chi connectivity index (χ0n) is 13.8. The first-order valence-corrected chi connectivity index (χ1v) is 7.95. The van der Waals surface area contributed by atoms with Gasteiger partial charge in [-0.15, -0.1) is 0 Å². The van der Waals surface area contributed by atoms with Crippen LogP contribution in [0.3, 0.4) is 0 Å². The highest BCUT2D eigenvalue weighted by Crippen LogP contribution is 2.24. The summed E-state index contributed by atoms with van der Waals surface area (Å²) in [5.41, 5.74) is 0.748. The van der Waals surface area contributed by atoms with Crippen molar-refractivity contribution in [2.24, 2.45) is 0 Å². The summed E-state index contributed by atoms with van der Waals surface area (Å²) in [5.74, 6) is -1.80. The Labute approximate surface area is 157 Å². The molecular weight excluding hydrogens is 389 g/mol. The number of carbonyl (C=O) groups is 2. The second-order valence-corrected chi connectivity index (χ2v) is 5.65. The molecule has 2 rings (SSSR count). The second kappa shape index (κ2) is 9.22. The van der Waals surface area contributed by atoms with Crippen LogP contribution in [0.5, 0.6) is 5.88 Å². The van der Waals surface area contributed by atoms with Gasteiger partial charge in [-0.2, -0.15) is 13.2 Å². The molecule has 1 amide bonds. The average Bonchev–Trinajstić information content (AvgIpc) is 2.63. The molecule has 10 heteroatoms. The maximum atomic E-state index is 12.1. The van der Waals surface area contributed by atoms with Crippen LogP contribution in [0.1, 0.15) is 15.9 Å². The number of esters is 1. The summed E-state index contributed by atoms with van der Waals surface area (Å²) in [5, 5.41) is 2.04. The van der Waals surface area contributed by atoms with E-state index < -0.39 is 37.1 Å². The number of benzene rings is 1. The molecule has 1 heterocycles. The van der Waals surface area contributed by atoms with E-state index in [9.17, 15) is 22.8 Å². The zero-order chi connectivity index (χ0) is 19.9. The number of nitrogens with zero attached hydrogens (tertiary/aromatic N) is 1. The maximum Gasteiger partial charge on any atom is 0.422 e. The van der Waals surface area contributed by atoms with E-state index in [2.05, 4.69) is 15.0 Å². The van der Waals surface area contributed by atoms with Crippen LogP contribution >= 0.6 is 11.6 Å². The molecule has 0 radical (unpaired) electrons. The molecule has 0 spiro atoms. The van der Waals surface area contributed by atoms with E-state index in [1.807, 2.05) is 6.07 Å². The van der Waals surface area contributed by atoms with E-state index in [0.717, 1.165) is 17.8 Å². The third kappa shape index (κ3) is 7.14. The first-order valence-electron chi connectivity index (χ1n) is 7.57. The molecule has 2 aromatic rings. The van der Waals surface area contributed by atoms with Gasteiger partial charge in [0.1, 0.15) is 18.2 Å². The van der Waals surface area contributed by atoms with Crippen LogP contribution in [0.4, 0.5) is 13.2 Å². The Morgan fingerprint density at radius 3 is 2.52 bits per heavy atom. The second-order valence-electron chi connectivity index (χ2n) is 5.24. The summed E-state index contributed by atoms with van der Waals surface area (Å²) < 4.78 is 45.8. The first kappa shape index (κ1) is 20.5. The van der Waals surface area contributed by atoms with Crippen LogP contribution in [-0.4, -0.2) is 36.2 Å². The predicted octanol–water partition coefficient (Wildman–Crippen LogP) is 3.15. The monoisotopic (exact) mass is 402 g/mol. The van der Waals surface area contributed by atoms with E-state index in [1.165, 1.54) is 0 Å². The quantitative estimate of drug-likeness (QED) is 0.720. The number of carbonyl (C=O) groups excluding carboxylic acids is 2. The molecule has 0 aliphatic rings. The highest BCUT2D eigenvalue weighted by atomic mass is 35.5. The van der Waals surface area contributed by atoms with Crippen LogP contribution in [0.2, 0.25) is 5.02 Å². The van der Waals surface area contributed by atoms with Gasteiger partial charge in [-0.3, -0.25) is 9.59 Å². The van der Waals surface area contributed by atoms with Gasteiger partial charge >= 0.3 is 12.1 Å². The van der Waals surface area contributed by atoms with E-state index in [-0.39, 0.29) is 17.2 Å². The summed E-state index contributed by atoms with van der Waals surface area (Å²) in [4.78, 5) is 27.2. The lowest BCUT2D eigenvalue weighted by molar-refractivity contribution is -0.154. The highest BCUT2D eigenvalue weighted by Gasteiger charge is 2.29. The van der Waals surface area contributed by atoms with Crippen molar-refractivity contribution in [1.82, 2.24) is 10.3 Å². The summed E-state index contributed by atoms with van der Waals surface area (Å²) in [6.07, 6.45) is -3.55. The fourth-order valence-corrected chi connectivity index (χ4v) is 2.07. The lowest BCUT2D eigenvalue weighted by atomic mass is 10.2. The average molecular weight is 403 g/mol. The number of nitrogens with one attached hydrogen (secondary N) is 1. The normalized spacial score (nSPS) is 11.0. The van der Waals surface area contributed by atoms with Gasteiger partial charge < -0.3 is 14.8 Å². The summed E-state index contributed by atoms with van der Waals surface area (Å²) >= 11 is 5.76. The third-order valence-corrected chi connectivity index (χ3v) is 3.35. The number of rotatable bonds is 7. The molecule has 0 atom stereocenters. The van der Waals surface area contributed by atoms with E-state index in [0.29, 0.717) is 0 Å². The minimum atomic E-state index is -4.54. The van der Waals surface area contributed by atoms with Gasteiger partial charge in [-0.05, 0) is 11.6 Å². The first-order chi connectivity index (χ1) is 12.7. The van der Waals surface area contributed by atoms with Crippen molar-refractivity contribution in [3.05, 3.63) is 58.7 Å². The van der Waals surface area contributed by atoms with Crippen LogP contribution in [0, 0.1) is 0 Å². The largest absolute Gasteiger partial charge is 0.467 e. The molecule has 6 nitrogen and oxygen atoms in total. The standard InChI is InChI=1S/C17H14ClF3N2O4/c18-13-6-12(7-23-16(13)27-10-17(19,20)21)15(25)22-8-14(24)26-9-11-4-2-1-3-5-11/h1-7H,8-10H2,(H,22,25). The fourth-order valence-electron chi connectivity index (χ4n) is 1.85. The van der Waals surface area contributed by atoms with Crippen LogP contribution in [-0.2, 0) is 16.1 Å². The van der Waals surface area contributed by atoms with Gasteiger partial charge in [-0.1, -0.05) is 41.9 Å². The minimum absolute atomic E-state index is 0.0461. The van der Waals surface area contributed by atoms with Crippen molar-refractivity contribution in [1.29, 1.82) is 0 Å². The van der Waals surface area contributed by atoms with Crippen molar-refractivity contribution in [3.8, 4) is 5.88 Å². The molecule has 0 bridgehead atoms. The lowest BCUT2D eigenvalue weighted by Gasteiger charge is -2.10. The van der Waals surface area contributed by atoms with Gasteiger partial charge in [0, 0.05) is 6.20 Å². The third-order valence-electron chi connectivity index (χ3n) is 3.08. The Morgan fingerprint density at radius 1 is 1.19 bits per heavy atom. The lowest BCUT2D eigenvalue weighted by Crippen LogP contribution is -2.30. The number of ether oxygens (including phenoxy) is 2. The Balaban J connectivity index is 1.83. The van der Waals surface area contributed by atoms with Crippen LogP contribution in [0.15, 0.2) is 42.6 Å². The molecule has 1 aromatic heterocycles. The van der Waals surface area contributed by atoms with Gasteiger partial charge in [0.15, 0.2) is 6.61 Å². The van der Waals surface area contributed by atoms with Crippen LogP contribution < -0.4 is 10.1 Å². The molecule has 1 aromatic carbocycles. The smallest absolute Gasteiger partial charge is 0.422 e. The maximum absolute atomic E-state index is 12.1. The number of aromatic nitrogens is 1. The zero-order valence-corrected chi connectivity index (χ0v) is 14.5. The molecule has 0 fully saturated rings. The van der Waals surface area contributed by atoms with E-state index >= 15 is 0 Å². The molecule has 0 saturated carbocycles. The molecule has 27 heavy (non-hydrogen) atoms. The summed E-state index contributed by atoms with van der Waals surface area (Å²) in [7, 11) is 0. The van der Waals surface area contributed by atoms with E-state index in [1.54, 1.807) is 24.3 Å². The van der Waals surface area contributed by atoms with Crippen LogP contribution in [0.25, 0.3) is 0 Å². The molecule has 0 aliphatic heterocycles. The number of amides is 1. The number of alkyl halides is 3. The Bertz CT molecular complexity index is 801. The molecule has 0 saturated heterocycles. The SMILES string of the molecule is O=C(CNC(=O)c1cnc(OCC(F)(F)F)c(Cl)c1)OCc1ccccc1. The van der Waals surface area contributed by atoms with Gasteiger partial charge in [-0.25, -0.2) is 4.98 Å². The molecule has 0 unspecified atom stereocenters. The fraction of sp³-hybridized carbons (Fsp3) is 0.235. The minimum Gasteiger partial charge on any atom is -0.467 e. The molecular formula is C17H14ClF3N2O4. The van der Waals surface area contributed by atoms with Gasteiger partial charge in [0.05, 0.1) is 5.56 Å². The Morgan fingerprint density at radius 2 is 1.89 bits per heavy atom. The van der Waals surface area contributed by atoms with Crippen molar-refractivity contribution in [2.75, 3.05) is 13.2 Å². The van der Waals surface area contributed by atoms with Crippen molar-refractivity contribution in [3.63, 3.8) is 0 Å². The predicted molar refractivity (Wildman–Crippen MR) is 89.4 cm³/mol. The molecule has 0 aliphatic carbocycles. The van der Waals surface area contributed by atoms with Crippen molar-refractivity contribution in [2.45, 2.75) is 12.8 Å². The number of pyridine rings is 1. The van der Waals surface area contributed by atoms with Gasteiger partial charge in [0.25, 0.3) is 5.91 Å².